The van der Waals surface area contributed by atoms with Gasteiger partial charge in [-0.3, -0.25) is 14.4 Å². The van der Waals surface area contributed by atoms with Crippen LogP contribution in [0.15, 0.2) is 71.8 Å². The number of H-pyrrole nitrogens is 1. The molecule has 2 saturated heterocycles. The van der Waals surface area contributed by atoms with Gasteiger partial charge in [0.05, 0.1) is 42.9 Å². The number of anilines is 1. The molecule has 0 spiro atoms. The van der Waals surface area contributed by atoms with Crippen LogP contribution in [-0.2, 0) is 31.7 Å². The molecule has 2 unspecified atom stereocenters. The second kappa shape index (κ2) is 17.8. The van der Waals surface area contributed by atoms with E-state index in [-0.39, 0.29) is 37.0 Å². The fourth-order valence-electron chi connectivity index (χ4n) is 8.87. The first-order chi connectivity index (χ1) is 29.5. The van der Waals surface area contributed by atoms with Crippen molar-refractivity contribution < 1.29 is 19.1 Å². The van der Waals surface area contributed by atoms with E-state index >= 15 is 0 Å². The Morgan fingerprint density at radius 2 is 1.80 bits per heavy atom. The normalized spacial score (nSPS) is 18.8. The number of piperidine rings is 2. The summed E-state index contributed by atoms with van der Waals surface area (Å²) in [7, 11) is 1.75. The smallest absolute Gasteiger partial charge is 0.274 e. The molecular weight excluding hydrogens is 773 g/mol. The van der Waals surface area contributed by atoms with E-state index in [0.29, 0.717) is 29.7 Å². The number of hydrogen-bond acceptors (Lipinski definition) is 11. The molecule has 2 amide bonds. The molecule has 0 bridgehead atoms. The molecule has 2 atom stereocenters. The van der Waals surface area contributed by atoms with Gasteiger partial charge in [-0.1, -0.05) is 42.3 Å². The first-order valence-corrected chi connectivity index (χ1v) is 21.3. The fourth-order valence-corrected chi connectivity index (χ4v) is 8.87. The number of aromatic nitrogens is 4. The van der Waals surface area contributed by atoms with Gasteiger partial charge in [-0.25, -0.2) is 9.97 Å². The molecule has 3 fully saturated rings. The zero-order valence-corrected chi connectivity index (χ0v) is 35.0. The van der Waals surface area contributed by atoms with Crippen molar-refractivity contribution in [2.45, 2.75) is 81.2 Å². The molecule has 1 saturated carbocycles. The quantitative estimate of drug-likeness (QED) is 0.0556. The number of primary amides is 1. The Kier molecular flexibility index (Phi) is 12.3. The summed E-state index contributed by atoms with van der Waals surface area (Å²) in [6, 6.07) is 17.3. The van der Waals surface area contributed by atoms with Crippen LogP contribution in [0.1, 0.15) is 63.1 Å². The van der Waals surface area contributed by atoms with Crippen LogP contribution in [0.3, 0.4) is 0 Å². The van der Waals surface area contributed by atoms with Crippen LogP contribution >= 0.6 is 0 Å². The van der Waals surface area contributed by atoms with Crippen molar-refractivity contribution >= 4 is 39.6 Å². The third kappa shape index (κ3) is 9.05. The van der Waals surface area contributed by atoms with Gasteiger partial charge in [0.25, 0.3) is 5.56 Å². The zero-order chi connectivity index (χ0) is 42.7. The minimum atomic E-state index is -1.24. The van der Waals surface area contributed by atoms with Crippen molar-refractivity contribution in [3.05, 3.63) is 88.6 Å². The van der Waals surface area contributed by atoms with Crippen LogP contribution in [0, 0.1) is 12.3 Å². The van der Waals surface area contributed by atoms with Crippen molar-refractivity contribution in [1.82, 2.24) is 35.1 Å². The number of nitrogens with zero attached hydrogens (tertiary/aromatic N) is 5. The van der Waals surface area contributed by atoms with E-state index in [1.165, 1.54) is 0 Å². The summed E-state index contributed by atoms with van der Waals surface area (Å²) in [4.78, 5) is 56.1. The first kappa shape index (κ1) is 42.1. The molecule has 320 valence electrons. The highest BCUT2D eigenvalue weighted by Gasteiger charge is 2.45. The number of aromatic amines is 1. The summed E-state index contributed by atoms with van der Waals surface area (Å²) in [5, 5.41) is 7.83. The Bertz CT molecular complexity index is 2480. The van der Waals surface area contributed by atoms with Crippen molar-refractivity contribution in [1.29, 1.82) is 0 Å². The lowest BCUT2D eigenvalue weighted by Gasteiger charge is -2.45. The summed E-state index contributed by atoms with van der Waals surface area (Å²) in [6.07, 6.45) is 14.7. The number of nitrogens with two attached hydrogens (primary N) is 2. The fraction of sp³-hybridized carbons (Fsp3) is 0.457. The summed E-state index contributed by atoms with van der Waals surface area (Å²) < 4.78 is 15.1. The molecule has 61 heavy (non-hydrogen) atoms. The van der Waals surface area contributed by atoms with Crippen molar-refractivity contribution in [2.75, 3.05) is 51.0 Å². The minimum absolute atomic E-state index is 0.0112. The number of nitrogens with one attached hydrogen (secondary N) is 3. The SMILES string of the molecule is C#CCNC1(C)CCN(C2CCN(c3nc(C(COCNC(=O)C(N)CC(N)=O)(OC4CC4)c4ccccc4)c4cc(-c5cn(C)c(=O)c6[nH]ccc56)ccc4n3)CC2)CC1. The van der Waals surface area contributed by atoms with Crippen LogP contribution in [-0.4, -0.2) is 106 Å². The van der Waals surface area contributed by atoms with Gasteiger partial charge in [-0.05, 0) is 74.8 Å². The lowest BCUT2D eigenvalue weighted by Crippen LogP contribution is -2.55. The number of terminal acetylenes is 1. The van der Waals surface area contributed by atoms with E-state index in [4.69, 9.17) is 37.3 Å². The van der Waals surface area contributed by atoms with Crippen LogP contribution in [0.2, 0.25) is 0 Å². The summed E-state index contributed by atoms with van der Waals surface area (Å²) in [5.41, 5.74) is 14.4. The second-order valence-corrected chi connectivity index (χ2v) is 17.0. The predicted octanol–water partition coefficient (Wildman–Crippen LogP) is 3.24. The Hall–Kier alpha value is -5.63. The van der Waals surface area contributed by atoms with Crippen LogP contribution in [0.4, 0.5) is 5.95 Å². The highest BCUT2D eigenvalue weighted by atomic mass is 16.6. The van der Waals surface area contributed by atoms with Gasteiger partial charge in [-0.15, -0.1) is 6.42 Å². The molecule has 2 aromatic carbocycles. The molecule has 15 nitrogen and oxygen atoms in total. The third-order valence-electron chi connectivity index (χ3n) is 12.6. The minimum Gasteiger partial charge on any atom is -0.370 e. The van der Waals surface area contributed by atoms with Gasteiger partial charge in [0.1, 0.15) is 12.2 Å². The van der Waals surface area contributed by atoms with Gasteiger partial charge >= 0.3 is 0 Å². The van der Waals surface area contributed by atoms with E-state index in [1.807, 2.05) is 54.7 Å². The number of aryl methyl sites for hydroxylation is 1. The molecule has 3 aliphatic rings. The molecule has 15 heteroatoms. The molecule has 1 aliphatic carbocycles. The maximum atomic E-state index is 13.1. The number of carbonyl (C=O) groups excluding carboxylic acids is 2. The van der Waals surface area contributed by atoms with E-state index in [0.717, 1.165) is 97.7 Å². The Morgan fingerprint density at radius 3 is 2.51 bits per heavy atom. The number of ether oxygens (including phenoxy) is 2. The average Bonchev–Trinajstić information content (AvgIpc) is 3.95. The Morgan fingerprint density at radius 1 is 1.05 bits per heavy atom. The van der Waals surface area contributed by atoms with Crippen molar-refractivity contribution in [3.8, 4) is 23.5 Å². The Labute approximate surface area is 355 Å². The number of rotatable bonds is 16. The lowest BCUT2D eigenvalue weighted by molar-refractivity contribution is -0.129. The number of fused-ring (bicyclic) bond motifs is 2. The number of amides is 2. The molecule has 7 N–H and O–H groups in total. The highest BCUT2D eigenvalue weighted by molar-refractivity contribution is 5.97. The first-order valence-electron chi connectivity index (χ1n) is 21.3. The van der Waals surface area contributed by atoms with E-state index in [1.54, 1.807) is 17.8 Å². The maximum absolute atomic E-state index is 13.1. The molecule has 2 aliphatic heterocycles. The molecule has 8 rings (SSSR count). The number of likely N-dealkylation sites (tertiary alicyclic amines) is 1. The van der Waals surface area contributed by atoms with Gasteiger partial charge < -0.3 is 50.9 Å². The van der Waals surface area contributed by atoms with Gasteiger partial charge in [0.15, 0.2) is 5.60 Å². The van der Waals surface area contributed by atoms with Gasteiger partial charge in [0, 0.05) is 73.5 Å². The summed E-state index contributed by atoms with van der Waals surface area (Å²) in [6.45, 7) is 6.28. The predicted molar refractivity (Wildman–Crippen MR) is 235 cm³/mol. The van der Waals surface area contributed by atoms with Crippen molar-refractivity contribution in [3.63, 3.8) is 0 Å². The monoisotopic (exact) mass is 828 g/mol. The average molecular weight is 829 g/mol. The number of pyridine rings is 1. The van der Waals surface area contributed by atoms with Crippen LogP contribution in [0.5, 0.6) is 0 Å². The topological polar surface area (TPSA) is 199 Å². The van der Waals surface area contributed by atoms with E-state index in [2.05, 4.69) is 44.3 Å². The van der Waals surface area contributed by atoms with Crippen molar-refractivity contribution in [2.24, 2.45) is 18.5 Å². The lowest BCUT2D eigenvalue weighted by atomic mass is 9.87. The summed E-state index contributed by atoms with van der Waals surface area (Å²) in [5.74, 6) is 2.11. The summed E-state index contributed by atoms with van der Waals surface area (Å²) >= 11 is 0. The van der Waals surface area contributed by atoms with E-state index in [9.17, 15) is 14.4 Å². The van der Waals surface area contributed by atoms with E-state index < -0.39 is 23.5 Å². The highest BCUT2D eigenvalue weighted by Crippen LogP contribution is 2.44. The molecule has 5 heterocycles. The molecular formula is C46H56N10O5. The number of hydrogen-bond donors (Lipinski definition) is 5. The second-order valence-electron chi connectivity index (χ2n) is 17.0. The molecule has 3 aromatic heterocycles. The number of benzene rings is 2. The zero-order valence-electron chi connectivity index (χ0n) is 35.0. The van der Waals surface area contributed by atoms with Crippen LogP contribution < -0.4 is 32.6 Å². The standard InChI is InChI=1S/C46H56N10O5/c1-4-19-51-45(2)17-23-55(24-18-45)32-15-21-56(22-16-32)44-52-38-13-10-30(36-27-54(3)43(59)40-34(36)14-20-49-40)25-35(38)41(53-44)46(61-33-11-12-33,31-8-6-5-7-9-31)28-60-29-50-42(58)37(47)26-39(48)57/h1,5-10,13-14,20,25,27,32-33,37,49,51H,11-12,15-19,21-24,26,28-29,47H2,2-3H3,(H2,48,57)(H,50,58). The third-order valence-corrected chi connectivity index (χ3v) is 12.6. The molecule has 0 radical (unpaired) electrons. The number of carbonyl (C=O) groups is 2. The maximum Gasteiger partial charge on any atom is 0.274 e. The largest absolute Gasteiger partial charge is 0.370 e. The van der Waals surface area contributed by atoms with Gasteiger partial charge in [0.2, 0.25) is 17.8 Å². The van der Waals surface area contributed by atoms with Gasteiger partial charge in [-0.2, -0.15) is 0 Å². The van der Waals surface area contributed by atoms with Crippen LogP contribution in [0.25, 0.3) is 32.9 Å². The molecule has 5 aromatic rings. The Balaban J connectivity index is 1.18.